The SMILES string of the molecule is COc1cc(Cl)c2c(c1OC)N=C1CCCCCN1C2. The number of nitrogens with zero attached hydrogens (tertiary/aromatic N) is 2. The van der Waals surface area contributed by atoms with Crippen LogP contribution in [-0.4, -0.2) is 31.5 Å². The van der Waals surface area contributed by atoms with Crippen LogP contribution >= 0.6 is 11.6 Å². The molecule has 2 heterocycles. The Morgan fingerprint density at radius 2 is 2.05 bits per heavy atom. The lowest BCUT2D eigenvalue weighted by atomic mass is 10.1. The second-order valence-corrected chi connectivity index (χ2v) is 5.59. The Balaban J connectivity index is 2.13. The Bertz CT molecular complexity index is 557. The van der Waals surface area contributed by atoms with E-state index in [1.807, 2.05) is 6.07 Å². The first-order valence-electron chi connectivity index (χ1n) is 7.00. The summed E-state index contributed by atoms with van der Waals surface area (Å²) >= 11 is 6.40. The maximum Gasteiger partial charge on any atom is 0.187 e. The van der Waals surface area contributed by atoms with Gasteiger partial charge in [0.05, 0.1) is 19.2 Å². The summed E-state index contributed by atoms with van der Waals surface area (Å²) in [6.07, 6.45) is 4.71. The predicted octanol–water partition coefficient (Wildman–Crippen LogP) is 3.78. The molecule has 0 unspecified atom stereocenters. The minimum absolute atomic E-state index is 0.641. The second-order valence-electron chi connectivity index (χ2n) is 5.18. The molecule has 3 rings (SSSR count). The molecule has 108 valence electrons. The molecule has 0 amide bonds. The van der Waals surface area contributed by atoms with Crippen LogP contribution in [0.5, 0.6) is 11.5 Å². The molecule has 0 aromatic heterocycles. The minimum atomic E-state index is 0.641. The lowest BCUT2D eigenvalue weighted by Gasteiger charge is -2.30. The number of amidine groups is 1. The summed E-state index contributed by atoms with van der Waals surface area (Å²) in [5.41, 5.74) is 1.87. The number of halogens is 1. The van der Waals surface area contributed by atoms with Crippen LogP contribution in [0.1, 0.15) is 31.2 Å². The minimum Gasteiger partial charge on any atom is -0.493 e. The van der Waals surface area contributed by atoms with Gasteiger partial charge in [-0.2, -0.15) is 0 Å². The molecule has 20 heavy (non-hydrogen) atoms. The fourth-order valence-electron chi connectivity index (χ4n) is 2.92. The molecule has 2 aliphatic heterocycles. The lowest BCUT2D eigenvalue weighted by Crippen LogP contribution is -2.32. The van der Waals surface area contributed by atoms with Crippen molar-refractivity contribution >= 4 is 23.1 Å². The standard InChI is InChI=1S/C15H19ClN2O2/c1-19-12-8-11(16)10-9-18-7-5-3-4-6-13(18)17-14(10)15(12)20-2/h8H,3-7,9H2,1-2H3. The number of benzene rings is 1. The Morgan fingerprint density at radius 3 is 2.80 bits per heavy atom. The summed E-state index contributed by atoms with van der Waals surface area (Å²) in [4.78, 5) is 7.16. The van der Waals surface area contributed by atoms with E-state index in [9.17, 15) is 0 Å². The van der Waals surface area contributed by atoms with E-state index in [4.69, 9.17) is 26.1 Å². The van der Waals surface area contributed by atoms with Gasteiger partial charge in [0.25, 0.3) is 0 Å². The van der Waals surface area contributed by atoms with Gasteiger partial charge in [0, 0.05) is 31.1 Å². The van der Waals surface area contributed by atoms with Gasteiger partial charge in [-0.3, -0.25) is 0 Å². The first kappa shape index (κ1) is 13.6. The highest BCUT2D eigenvalue weighted by atomic mass is 35.5. The number of hydrogen-bond acceptors (Lipinski definition) is 4. The summed E-state index contributed by atoms with van der Waals surface area (Å²) < 4.78 is 10.8. The highest BCUT2D eigenvalue weighted by Gasteiger charge is 2.27. The van der Waals surface area contributed by atoms with Crippen LogP contribution in [0.15, 0.2) is 11.1 Å². The van der Waals surface area contributed by atoms with Crippen LogP contribution < -0.4 is 9.47 Å². The number of aliphatic imine (C=N–C) groups is 1. The van der Waals surface area contributed by atoms with Crippen LogP contribution in [0.25, 0.3) is 0 Å². The third-order valence-corrected chi connectivity index (χ3v) is 4.32. The zero-order valence-electron chi connectivity index (χ0n) is 11.9. The first-order valence-corrected chi connectivity index (χ1v) is 7.38. The molecule has 4 nitrogen and oxygen atoms in total. The molecular weight excluding hydrogens is 276 g/mol. The lowest BCUT2D eigenvalue weighted by molar-refractivity contribution is 0.352. The zero-order chi connectivity index (χ0) is 14.1. The van der Waals surface area contributed by atoms with E-state index in [1.165, 1.54) is 19.3 Å². The average molecular weight is 295 g/mol. The molecule has 0 saturated carbocycles. The third kappa shape index (κ3) is 2.22. The Kier molecular flexibility index (Phi) is 3.74. The molecule has 5 heteroatoms. The molecule has 1 aromatic rings. The largest absolute Gasteiger partial charge is 0.493 e. The van der Waals surface area contributed by atoms with Gasteiger partial charge in [0.15, 0.2) is 11.5 Å². The Hall–Kier alpha value is -1.42. The summed E-state index contributed by atoms with van der Waals surface area (Å²) in [6.45, 7) is 1.87. The highest BCUT2D eigenvalue weighted by Crippen LogP contribution is 2.46. The van der Waals surface area contributed by atoms with Gasteiger partial charge in [-0.15, -0.1) is 0 Å². The first-order chi connectivity index (χ1) is 9.74. The molecule has 0 radical (unpaired) electrons. The second kappa shape index (κ2) is 5.52. The van der Waals surface area contributed by atoms with Gasteiger partial charge in [0.2, 0.25) is 0 Å². The van der Waals surface area contributed by atoms with Crippen molar-refractivity contribution in [1.29, 1.82) is 0 Å². The van der Waals surface area contributed by atoms with E-state index in [2.05, 4.69) is 4.90 Å². The number of fused-ring (bicyclic) bond motifs is 2. The molecule has 2 aliphatic rings. The normalized spacial score (nSPS) is 17.8. The Labute approximate surface area is 124 Å². The maximum absolute atomic E-state index is 6.40. The summed E-state index contributed by atoms with van der Waals surface area (Å²) in [7, 11) is 3.26. The van der Waals surface area contributed by atoms with Crippen LogP contribution in [0, 0.1) is 0 Å². The molecular formula is C15H19ClN2O2. The fourth-order valence-corrected chi connectivity index (χ4v) is 3.17. The monoisotopic (exact) mass is 294 g/mol. The van der Waals surface area contributed by atoms with Crippen molar-refractivity contribution in [2.75, 3.05) is 20.8 Å². The van der Waals surface area contributed by atoms with Gasteiger partial charge >= 0.3 is 0 Å². The van der Waals surface area contributed by atoms with Crippen molar-refractivity contribution in [2.24, 2.45) is 4.99 Å². The molecule has 1 saturated heterocycles. The van der Waals surface area contributed by atoms with E-state index in [0.717, 1.165) is 36.6 Å². The molecule has 1 fully saturated rings. The third-order valence-electron chi connectivity index (χ3n) is 3.98. The quantitative estimate of drug-likeness (QED) is 0.832. The number of rotatable bonds is 2. The number of ether oxygens (including phenoxy) is 2. The topological polar surface area (TPSA) is 34.1 Å². The van der Waals surface area contributed by atoms with Crippen LogP contribution in [0.4, 0.5) is 5.69 Å². The summed E-state index contributed by atoms with van der Waals surface area (Å²) in [5.74, 6) is 2.48. The van der Waals surface area contributed by atoms with E-state index in [0.29, 0.717) is 16.5 Å². The van der Waals surface area contributed by atoms with Crippen molar-refractivity contribution in [3.05, 3.63) is 16.7 Å². The summed E-state index contributed by atoms with van der Waals surface area (Å²) in [6, 6.07) is 1.82. The van der Waals surface area contributed by atoms with Crippen molar-refractivity contribution in [3.8, 4) is 11.5 Å². The van der Waals surface area contributed by atoms with Gasteiger partial charge in [0.1, 0.15) is 11.5 Å². The van der Waals surface area contributed by atoms with Crippen molar-refractivity contribution < 1.29 is 9.47 Å². The molecule has 1 aromatic carbocycles. The molecule has 0 N–H and O–H groups in total. The van der Waals surface area contributed by atoms with Crippen LogP contribution in [-0.2, 0) is 6.54 Å². The van der Waals surface area contributed by atoms with Crippen LogP contribution in [0.2, 0.25) is 5.02 Å². The average Bonchev–Trinajstić information content (AvgIpc) is 2.70. The van der Waals surface area contributed by atoms with E-state index < -0.39 is 0 Å². The molecule has 0 bridgehead atoms. The maximum atomic E-state index is 6.40. The number of hydrogen-bond donors (Lipinski definition) is 0. The van der Waals surface area contributed by atoms with E-state index >= 15 is 0 Å². The van der Waals surface area contributed by atoms with Crippen molar-refractivity contribution in [3.63, 3.8) is 0 Å². The molecule has 0 aliphatic carbocycles. The van der Waals surface area contributed by atoms with Crippen molar-refractivity contribution in [1.82, 2.24) is 4.90 Å². The van der Waals surface area contributed by atoms with Gasteiger partial charge in [-0.05, 0) is 12.8 Å². The number of methoxy groups -OCH3 is 2. The van der Waals surface area contributed by atoms with Gasteiger partial charge < -0.3 is 14.4 Å². The zero-order valence-corrected chi connectivity index (χ0v) is 12.7. The van der Waals surface area contributed by atoms with Gasteiger partial charge in [-0.25, -0.2) is 4.99 Å². The smallest absolute Gasteiger partial charge is 0.187 e. The molecule has 0 spiro atoms. The summed E-state index contributed by atoms with van der Waals surface area (Å²) in [5, 5.41) is 0.699. The van der Waals surface area contributed by atoms with E-state index in [-0.39, 0.29) is 0 Å². The van der Waals surface area contributed by atoms with E-state index in [1.54, 1.807) is 14.2 Å². The predicted molar refractivity (Wildman–Crippen MR) is 80.5 cm³/mol. The highest BCUT2D eigenvalue weighted by molar-refractivity contribution is 6.32. The van der Waals surface area contributed by atoms with Crippen LogP contribution in [0.3, 0.4) is 0 Å². The van der Waals surface area contributed by atoms with Crippen molar-refractivity contribution in [2.45, 2.75) is 32.2 Å². The Morgan fingerprint density at radius 1 is 1.20 bits per heavy atom. The fraction of sp³-hybridized carbons (Fsp3) is 0.533. The van der Waals surface area contributed by atoms with Gasteiger partial charge in [-0.1, -0.05) is 18.0 Å². The molecule has 0 atom stereocenters.